The van der Waals surface area contributed by atoms with Crippen molar-refractivity contribution in [3.05, 3.63) is 24.0 Å². The van der Waals surface area contributed by atoms with E-state index in [0.717, 1.165) is 6.42 Å². The summed E-state index contributed by atoms with van der Waals surface area (Å²) in [5.74, 6) is -0.114. The van der Waals surface area contributed by atoms with Crippen molar-refractivity contribution in [3.8, 4) is 0 Å². The number of rotatable bonds is 0. The molecule has 0 heterocycles. The van der Waals surface area contributed by atoms with Gasteiger partial charge in [0.2, 0.25) is 5.79 Å². The molecule has 0 aromatic rings. The molecule has 4 aliphatic rings. The second-order valence-electron chi connectivity index (χ2n) is 8.81. The molecule has 0 bridgehead atoms. The van der Waals surface area contributed by atoms with Crippen LogP contribution in [0.25, 0.3) is 0 Å². The standard InChI is InChI=1S/C19H28O3/c1-17-8-3-4-14(17)13-6-5-12-10-19(21,22)16(20)11-18(12,2)15(13)7-9-17/h3-4,11-15,20-22H,5-10H2,1-2H3/t12-,13+,14+,15+,17+,18+/m1/s1. The molecule has 122 valence electrons. The minimum Gasteiger partial charge on any atom is -0.507 e. The molecular weight excluding hydrogens is 276 g/mol. The maximum atomic E-state index is 10.1. The second-order valence-corrected chi connectivity index (χ2v) is 8.81. The molecule has 6 atom stereocenters. The molecule has 0 saturated heterocycles. The van der Waals surface area contributed by atoms with Gasteiger partial charge in [-0.05, 0) is 72.7 Å². The van der Waals surface area contributed by atoms with Crippen molar-refractivity contribution in [2.75, 3.05) is 0 Å². The van der Waals surface area contributed by atoms with Crippen LogP contribution >= 0.6 is 0 Å². The smallest absolute Gasteiger partial charge is 0.222 e. The maximum Gasteiger partial charge on any atom is 0.222 e. The lowest BCUT2D eigenvalue weighted by Crippen LogP contribution is -2.54. The SMILES string of the molecule is C[C@@]12CC=C[C@H]1[C@@H]1CC[C@@H]3CC(O)(O)C(O)=C[C@]3(C)[C@H]1CC2. The molecule has 2 fully saturated rings. The van der Waals surface area contributed by atoms with Gasteiger partial charge in [0, 0.05) is 6.42 Å². The van der Waals surface area contributed by atoms with Crippen molar-refractivity contribution in [1.29, 1.82) is 0 Å². The third kappa shape index (κ3) is 1.81. The molecule has 0 aromatic carbocycles. The van der Waals surface area contributed by atoms with Crippen molar-refractivity contribution < 1.29 is 15.3 Å². The lowest BCUT2D eigenvalue weighted by atomic mass is 9.46. The lowest BCUT2D eigenvalue weighted by Gasteiger charge is -2.59. The first kappa shape index (κ1) is 14.8. The summed E-state index contributed by atoms with van der Waals surface area (Å²) in [7, 11) is 0. The number of hydrogen-bond donors (Lipinski definition) is 3. The van der Waals surface area contributed by atoms with Crippen molar-refractivity contribution in [1.82, 2.24) is 0 Å². The average molecular weight is 304 g/mol. The van der Waals surface area contributed by atoms with E-state index in [1.807, 2.05) is 0 Å². The van der Waals surface area contributed by atoms with Gasteiger partial charge in [0.25, 0.3) is 0 Å². The van der Waals surface area contributed by atoms with E-state index in [9.17, 15) is 15.3 Å². The summed E-state index contributed by atoms with van der Waals surface area (Å²) < 4.78 is 0. The zero-order valence-corrected chi connectivity index (χ0v) is 13.6. The molecule has 4 rings (SSSR count). The summed E-state index contributed by atoms with van der Waals surface area (Å²) in [4.78, 5) is 0. The molecule has 3 N–H and O–H groups in total. The van der Waals surface area contributed by atoms with Gasteiger partial charge in [0.15, 0.2) is 0 Å². The highest BCUT2D eigenvalue weighted by molar-refractivity contribution is 5.23. The molecule has 2 saturated carbocycles. The highest BCUT2D eigenvalue weighted by Crippen LogP contribution is 2.64. The highest BCUT2D eigenvalue weighted by atomic mass is 16.5. The summed E-state index contributed by atoms with van der Waals surface area (Å²) in [5, 5.41) is 30.1. The molecule has 0 aromatic heterocycles. The van der Waals surface area contributed by atoms with E-state index in [0.29, 0.717) is 23.2 Å². The summed E-state index contributed by atoms with van der Waals surface area (Å²) in [6, 6.07) is 0. The van der Waals surface area contributed by atoms with Gasteiger partial charge in [-0.25, -0.2) is 0 Å². The van der Waals surface area contributed by atoms with Crippen LogP contribution in [-0.2, 0) is 0 Å². The first-order valence-electron chi connectivity index (χ1n) is 8.80. The van der Waals surface area contributed by atoms with Crippen molar-refractivity contribution in [2.45, 2.75) is 58.2 Å². The molecular formula is C19H28O3. The van der Waals surface area contributed by atoms with Crippen LogP contribution in [0.2, 0.25) is 0 Å². The van der Waals surface area contributed by atoms with E-state index >= 15 is 0 Å². The first-order valence-corrected chi connectivity index (χ1v) is 8.80. The Morgan fingerprint density at radius 3 is 2.68 bits per heavy atom. The van der Waals surface area contributed by atoms with E-state index in [1.165, 1.54) is 25.7 Å². The van der Waals surface area contributed by atoms with Crippen LogP contribution in [0.1, 0.15) is 52.4 Å². The fourth-order valence-corrected chi connectivity index (χ4v) is 6.30. The monoisotopic (exact) mass is 304 g/mol. The molecule has 0 amide bonds. The summed E-state index contributed by atoms with van der Waals surface area (Å²) in [6.07, 6.45) is 12.7. The predicted molar refractivity (Wildman–Crippen MR) is 84.9 cm³/mol. The van der Waals surface area contributed by atoms with Crippen LogP contribution in [0.4, 0.5) is 0 Å². The third-order valence-electron chi connectivity index (χ3n) is 7.65. The number of hydrogen-bond acceptors (Lipinski definition) is 3. The van der Waals surface area contributed by atoms with Gasteiger partial charge in [0.1, 0.15) is 5.76 Å². The van der Waals surface area contributed by atoms with Gasteiger partial charge in [-0.15, -0.1) is 0 Å². The largest absolute Gasteiger partial charge is 0.507 e. The van der Waals surface area contributed by atoms with Crippen molar-refractivity contribution in [3.63, 3.8) is 0 Å². The minimum atomic E-state index is -2.02. The lowest BCUT2D eigenvalue weighted by molar-refractivity contribution is -0.194. The number of allylic oxidation sites excluding steroid dienone is 3. The van der Waals surface area contributed by atoms with E-state index in [1.54, 1.807) is 6.08 Å². The fourth-order valence-electron chi connectivity index (χ4n) is 6.30. The number of fused-ring (bicyclic) bond motifs is 5. The fraction of sp³-hybridized carbons (Fsp3) is 0.789. The van der Waals surface area contributed by atoms with Gasteiger partial charge < -0.3 is 15.3 Å². The topological polar surface area (TPSA) is 60.7 Å². The quantitative estimate of drug-likeness (QED) is 0.474. The van der Waals surface area contributed by atoms with Gasteiger partial charge >= 0.3 is 0 Å². The number of aliphatic hydroxyl groups excluding tert-OH is 1. The Labute approximate surface area is 132 Å². The molecule has 0 radical (unpaired) electrons. The Morgan fingerprint density at radius 2 is 1.91 bits per heavy atom. The Hall–Kier alpha value is -0.800. The molecule has 0 unspecified atom stereocenters. The van der Waals surface area contributed by atoms with E-state index < -0.39 is 5.79 Å². The van der Waals surface area contributed by atoms with Crippen LogP contribution in [0.3, 0.4) is 0 Å². The Morgan fingerprint density at radius 1 is 1.14 bits per heavy atom. The molecule has 0 spiro atoms. The number of aliphatic hydroxyl groups is 3. The van der Waals surface area contributed by atoms with Crippen LogP contribution in [0, 0.1) is 34.5 Å². The Balaban J connectivity index is 1.72. The zero-order chi connectivity index (χ0) is 15.8. The first-order chi connectivity index (χ1) is 10.3. The van der Waals surface area contributed by atoms with Crippen LogP contribution in [-0.4, -0.2) is 21.1 Å². The Bertz CT molecular complexity index is 549. The average Bonchev–Trinajstić information content (AvgIpc) is 2.82. The molecule has 3 heteroatoms. The van der Waals surface area contributed by atoms with Crippen molar-refractivity contribution in [2.24, 2.45) is 34.5 Å². The molecule has 3 nitrogen and oxygen atoms in total. The summed E-state index contributed by atoms with van der Waals surface area (Å²) in [5.41, 5.74) is 0.336. The van der Waals surface area contributed by atoms with Crippen LogP contribution < -0.4 is 0 Å². The highest BCUT2D eigenvalue weighted by Gasteiger charge is 2.58. The molecule has 22 heavy (non-hydrogen) atoms. The summed E-state index contributed by atoms with van der Waals surface area (Å²) >= 11 is 0. The molecule has 4 aliphatic carbocycles. The minimum absolute atomic E-state index is 0.0975. The van der Waals surface area contributed by atoms with Gasteiger partial charge in [-0.1, -0.05) is 26.0 Å². The summed E-state index contributed by atoms with van der Waals surface area (Å²) in [6.45, 7) is 4.67. The van der Waals surface area contributed by atoms with Gasteiger partial charge in [0.05, 0.1) is 0 Å². The van der Waals surface area contributed by atoms with E-state index in [-0.39, 0.29) is 23.5 Å². The van der Waals surface area contributed by atoms with Gasteiger partial charge in [-0.3, -0.25) is 0 Å². The van der Waals surface area contributed by atoms with Crippen molar-refractivity contribution >= 4 is 0 Å². The normalized spacial score (nSPS) is 52.5. The van der Waals surface area contributed by atoms with Crippen LogP contribution in [0.15, 0.2) is 24.0 Å². The maximum absolute atomic E-state index is 10.1. The Kier molecular flexibility index (Phi) is 2.95. The van der Waals surface area contributed by atoms with Crippen LogP contribution in [0.5, 0.6) is 0 Å². The van der Waals surface area contributed by atoms with Gasteiger partial charge in [-0.2, -0.15) is 0 Å². The molecule has 0 aliphatic heterocycles. The van der Waals surface area contributed by atoms with E-state index in [2.05, 4.69) is 26.0 Å². The second kappa shape index (κ2) is 4.39. The predicted octanol–water partition coefficient (Wildman–Crippen LogP) is 3.54. The third-order valence-corrected chi connectivity index (χ3v) is 7.65. The van der Waals surface area contributed by atoms with E-state index in [4.69, 9.17) is 0 Å². The zero-order valence-electron chi connectivity index (χ0n) is 13.6.